The highest BCUT2D eigenvalue weighted by Gasteiger charge is 2.11. The molecule has 0 aliphatic rings. The molecule has 14 heavy (non-hydrogen) atoms. The summed E-state index contributed by atoms with van der Waals surface area (Å²) in [5.41, 5.74) is 0.960. The first-order valence-electron chi connectivity index (χ1n) is 3.99. The number of benzene rings is 1. The molecule has 0 atom stereocenters. The molecule has 0 aliphatic heterocycles. The first-order chi connectivity index (χ1) is 6.58. The van der Waals surface area contributed by atoms with Crippen molar-refractivity contribution in [3.05, 3.63) is 42.0 Å². The molecule has 0 aliphatic carbocycles. The molecule has 0 spiro atoms. The zero-order valence-corrected chi connectivity index (χ0v) is 8.30. The smallest absolute Gasteiger partial charge is 0.303 e. The van der Waals surface area contributed by atoms with E-state index in [1.807, 2.05) is 30.3 Å². The normalized spacial score (nSPS) is 12.1. The first-order valence-corrected chi connectivity index (χ1v) is 5.53. The lowest BCUT2D eigenvalue weighted by Crippen LogP contribution is -1.87. The summed E-state index contributed by atoms with van der Waals surface area (Å²) in [7, 11) is -4.34. The molecular weight excluding hydrogens is 203 g/mol. The van der Waals surface area contributed by atoms with Gasteiger partial charge in [0, 0.05) is 0 Å². The van der Waals surface area contributed by atoms with Crippen LogP contribution in [0.4, 0.5) is 0 Å². The van der Waals surface area contributed by atoms with Crippen LogP contribution >= 0.6 is 7.82 Å². The minimum Gasteiger partial charge on any atom is -0.303 e. The van der Waals surface area contributed by atoms with Crippen LogP contribution in [0.2, 0.25) is 0 Å². The number of hydrogen-bond acceptors (Lipinski definition) is 2. The molecule has 0 aromatic heterocycles. The molecule has 4 nitrogen and oxygen atoms in total. The van der Waals surface area contributed by atoms with Crippen LogP contribution in [0.5, 0.6) is 0 Å². The third-order valence-corrected chi connectivity index (χ3v) is 1.93. The summed E-state index contributed by atoms with van der Waals surface area (Å²) in [6.07, 6.45) is 3.28. The van der Waals surface area contributed by atoms with Gasteiger partial charge in [-0.15, -0.1) is 0 Å². The van der Waals surface area contributed by atoms with Gasteiger partial charge in [-0.2, -0.15) is 0 Å². The molecular formula is C9H11O4P. The minimum atomic E-state index is -4.34. The quantitative estimate of drug-likeness (QED) is 0.750. The Morgan fingerprint density at radius 2 is 1.93 bits per heavy atom. The Balaban J connectivity index is 2.39. The molecule has 0 fully saturated rings. The van der Waals surface area contributed by atoms with Crippen LogP contribution in [-0.4, -0.2) is 16.4 Å². The predicted molar refractivity (Wildman–Crippen MR) is 53.5 cm³/mol. The monoisotopic (exact) mass is 214 g/mol. The Morgan fingerprint density at radius 1 is 1.29 bits per heavy atom. The highest BCUT2D eigenvalue weighted by Crippen LogP contribution is 2.35. The van der Waals surface area contributed by atoms with E-state index < -0.39 is 7.82 Å². The fourth-order valence-electron chi connectivity index (χ4n) is 0.888. The second-order valence-corrected chi connectivity index (χ2v) is 3.84. The molecule has 0 radical (unpaired) electrons. The standard InChI is InChI=1S/C9H11O4P/c10-14(11,12)13-8-4-7-9-5-2-1-3-6-9/h1-7H,8H2,(H2,10,11,12). The Hall–Kier alpha value is -0.930. The first kappa shape index (κ1) is 11.1. The lowest BCUT2D eigenvalue weighted by molar-refractivity contribution is 0.216. The Morgan fingerprint density at radius 3 is 2.50 bits per heavy atom. The third-order valence-electron chi connectivity index (χ3n) is 1.45. The highest BCUT2D eigenvalue weighted by molar-refractivity contribution is 7.46. The van der Waals surface area contributed by atoms with Crippen molar-refractivity contribution in [1.82, 2.24) is 0 Å². The van der Waals surface area contributed by atoms with Crippen molar-refractivity contribution in [1.29, 1.82) is 0 Å². The molecule has 5 heteroatoms. The van der Waals surface area contributed by atoms with Gasteiger partial charge in [0.1, 0.15) is 0 Å². The van der Waals surface area contributed by atoms with E-state index in [2.05, 4.69) is 4.52 Å². The third kappa shape index (κ3) is 4.94. The average Bonchev–Trinajstić information content (AvgIpc) is 2.13. The number of rotatable bonds is 4. The van der Waals surface area contributed by atoms with E-state index in [-0.39, 0.29) is 6.61 Å². The topological polar surface area (TPSA) is 66.8 Å². The van der Waals surface area contributed by atoms with Crippen molar-refractivity contribution in [3.8, 4) is 0 Å². The van der Waals surface area contributed by atoms with Gasteiger partial charge in [0.15, 0.2) is 0 Å². The Labute approximate surface area is 82.1 Å². The molecule has 76 valence electrons. The summed E-state index contributed by atoms with van der Waals surface area (Å²) in [5.74, 6) is 0. The van der Waals surface area contributed by atoms with Gasteiger partial charge >= 0.3 is 7.82 Å². The van der Waals surface area contributed by atoms with Crippen molar-refractivity contribution in [2.75, 3.05) is 6.61 Å². The second kappa shape index (κ2) is 5.08. The van der Waals surface area contributed by atoms with Crippen molar-refractivity contribution in [2.24, 2.45) is 0 Å². The van der Waals surface area contributed by atoms with Crippen LogP contribution in [0.15, 0.2) is 36.4 Å². The lowest BCUT2D eigenvalue weighted by atomic mass is 10.2. The molecule has 0 bridgehead atoms. The fraction of sp³-hybridized carbons (Fsp3) is 0.111. The van der Waals surface area contributed by atoms with Gasteiger partial charge in [0.05, 0.1) is 6.61 Å². The molecule has 0 amide bonds. The summed E-state index contributed by atoms with van der Waals surface area (Å²) in [4.78, 5) is 16.7. The predicted octanol–water partition coefficient (Wildman–Crippen LogP) is 1.81. The van der Waals surface area contributed by atoms with E-state index >= 15 is 0 Å². The molecule has 0 saturated heterocycles. The maximum atomic E-state index is 10.3. The Bertz CT molecular complexity index is 341. The molecule has 1 aromatic carbocycles. The van der Waals surface area contributed by atoms with Gasteiger partial charge in [-0.3, -0.25) is 4.52 Å². The maximum absolute atomic E-state index is 10.3. The van der Waals surface area contributed by atoms with E-state index in [9.17, 15) is 4.57 Å². The molecule has 1 rings (SSSR count). The van der Waals surface area contributed by atoms with E-state index in [1.54, 1.807) is 12.2 Å². The van der Waals surface area contributed by atoms with Crippen molar-refractivity contribution in [2.45, 2.75) is 0 Å². The number of hydrogen-bond donors (Lipinski definition) is 2. The van der Waals surface area contributed by atoms with Crippen LogP contribution in [0.3, 0.4) is 0 Å². The van der Waals surface area contributed by atoms with Gasteiger partial charge in [-0.05, 0) is 5.56 Å². The largest absolute Gasteiger partial charge is 0.469 e. The van der Waals surface area contributed by atoms with E-state index in [0.29, 0.717) is 0 Å². The van der Waals surface area contributed by atoms with Gasteiger partial charge in [-0.1, -0.05) is 42.5 Å². The lowest BCUT2D eigenvalue weighted by Gasteiger charge is -2.00. The van der Waals surface area contributed by atoms with Crippen LogP contribution in [0.25, 0.3) is 6.08 Å². The van der Waals surface area contributed by atoms with E-state index in [1.165, 1.54) is 0 Å². The van der Waals surface area contributed by atoms with Crippen LogP contribution < -0.4 is 0 Å². The van der Waals surface area contributed by atoms with E-state index in [0.717, 1.165) is 5.56 Å². The van der Waals surface area contributed by atoms with Crippen molar-refractivity contribution >= 4 is 13.9 Å². The van der Waals surface area contributed by atoms with Crippen molar-refractivity contribution < 1.29 is 18.9 Å². The van der Waals surface area contributed by atoms with Crippen LogP contribution in [-0.2, 0) is 9.09 Å². The zero-order valence-electron chi connectivity index (χ0n) is 7.41. The van der Waals surface area contributed by atoms with Crippen molar-refractivity contribution in [3.63, 3.8) is 0 Å². The van der Waals surface area contributed by atoms with Gasteiger partial charge in [0.25, 0.3) is 0 Å². The molecule has 0 saturated carbocycles. The van der Waals surface area contributed by atoms with Gasteiger partial charge < -0.3 is 9.79 Å². The summed E-state index contributed by atoms with van der Waals surface area (Å²) >= 11 is 0. The van der Waals surface area contributed by atoms with Gasteiger partial charge in [-0.25, -0.2) is 4.57 Å². The van der Waals surface area contributed by atoms with Crippen LogP contribution in [0, 0.1) is 0 Å². The summed E-state index contributed by atoms with van der Waals surface area (Å²) < 4.78 is 14.5. The summed E-state index contributed by atoms with van der Waals surface area (Å²) in [5, 5.41) is 0. The maximum Gasteiger partial charge on any atom is 0.469 e. The summed E-state index contributed by atoms with van der Waals surface area (Å²) in [6, 6.07) is 9.42. The fourth-order valence-corrected chi connectivity index (χ4v) is 1.17. The van der Waals surface area contributed by atoms with E-state index in [4.69, 9.17) is 9.79 Å². The zero-order chi connectivity index (χ0) is 10.4. The average molecular weight is 214 g/mol. The van der Waals surface area contributed by atoms with Crippen LogP contribution in [0.1, 0.15) is 5.56 Å². The number of phosphoric ester groups is 1. The molecule has 1 aromatic rings. The summed E-state index contributed by atoms with van der Waals surface area (Å²) in [6.45, 7) is -0.0980. The SMILES string of the molecule is O=P(O)(O)OCC=Cc1ccccc1. The highest BCUT2D eigenvalue weighted by atomic mass is 31.2. The molecule has 0 heterocycles. The molecule has 2 N–H and O–H groups in total. The molecule has 0 unspecified atom stereocenters. The minimum absolute atomic E-state index is 0.0980. The number of phosphoric acid groups is 1. The van der Waals surface area contributed by atoms with Gasteiger partial charge in [0.2, 0.25) is 0 Å². The Kier molecular flexibility index (Phi) is 4.04. The second-order valence-electron chi connectivity index (χ2n) is 2.60.